The second-order valence-electron chi connectivity index (χ2n) is 6.92. The van der Waals surface area contributed by atoms with Gasteiger partial charge < -0.3 is 20.1 Å². The molecular formula is C24H18BrFN2O4. The number of hydrogen-bond acceptors (Lipinski definition) is 4. The van der Waals surface area contributed by atoms with Gasteiger partial charge in [0.1, 0.15) is 11.5 Å². The summed E-state index contributed by atoms with van der Waals surface area (Å²) in [7, 11) is 0. The van der Waals surface area contributed by atoms with E-state index in [1.807, 2.05) is 6.07 Å². The number of rotatable bonds is 6. The SMILES string of the molecule is O=C(NCc1ccc2c(c1)OCO2)C(=Cc1cccc(F)c1)NC(=O)c1ccccc1Br. The molecule has 1 aliphatic heterocycles. The Labute approximate surface area is 192 Å². The average molecular weight is 497 g/mol. The lowest BCUT2D eigenvalue weighted by Gasteiger charge is -2.12. The lowest BCUT2D eigenvalue weighted by molar-refractivity contribution is -0.117. The van der Waals surface area contributed by atoms with Gasteiger partial charge in [-0.25, -0.2) is 4.39 Å². The van der Waals surface area contributed by atoms with E-state index in [-0.39, 0.29) is 19.0 Å². The van der Waals surface area contributed by atoms with Gasteiger partial charge in [-0.15, -0.1) is 0 Å². The normalized spacial score (nSPS) is 12.4. The minimum atomic E-state index is -0.521. The van der Waals surface area contributed by atoms with Crippen LogP contribution in [0.15, 0.2) is 76.9 Å². The predicted molar refractivity (Wildman–Crippen MR) is 120 cm³/mol. The first-order valence-electron chi connectivity index (χ1n) is 9.69. The number of benzene rings is 3. The highest BCUT2D eigenvalue weighted by Crippen LogP contribution is 2.32. The first-order chi connectivity index (χ1) is 15.5. The largest absolute Gasteiger partial charge is 0.454 e. The molecule has 0 aliphatic carbocycles. The number of halogens is 2. The highest BCUT2D eigenvalue weighted by atomic mass is 79.9. The molecule has 8 heteroatoms. The molecule has 0 fully saturated rings. The first-order valence-corrected chi connectivity index (χ1v) is 10.5. The number of nitrogens with one attached hydrogen (secondary N) is 2. The number of fused-ring (bicyclic) bond motifs is 1. The van der Waals surface area contributed by atoms with Crippen LogP contribution in [-0.2, 0) is 11.3 Å². The van der Waals surface area contributed by atoms with Gasteiger partial charge in [-0.05, 0) is 69.5 Å². The van der Waals surface area contributed by atoms with Crippen molar-refractivity contribution in [3.05, 3.63) is 99.4 Å². The summed E-state index contributed by atoms with van der Waals surface area (Å²) in [6, 6.07) is 17.9. The van der Waals surface area contributed by atoms with Gasteiger partial charge in [-0.2, -0.15) is 0 Å². The van der Waals surface area contributed by atoms with Crippen LogP contribution < -0.4 is 20.1 Å². The highest BCUT2D eigenvalue weighted by molar-refractivity contribution is 9.10. The topological polar surface area (TPSA) is 76.7 Å². The summed E-state index contributed by atoms with van der Waals surface area (Å²) in [5, 5.41) is 5.41. The standard InChI is InChI=1S/C24H18BrFN2O4/c25-19-7-2-1-6-18(19)23(29)28-20(11-15-4-3-5-17(26)10-15)24(30)27-13-16-8-9-21-22(12-16)32-14-31-21/h1-12H,13-14H2,(H,27,30)(H,28,29). The van der Waals surface area contributed by atoms with Crippen molar-refractivity contribution in [3.8, 4) is 11.5 Å². The number of amides is 2. The van der Waals surface area contributed by atoms with Crippen LogP contribution in [0.5, 0.6) is 11.5 Å². The van der Waals surface area contributed by atoms with Crippen molar-refractivity contribution < 1.29 is 23.5 Å². The Kier molecular flexibility index (Phi) is 6.51. The molecule has 0 saturated carbocycles. The quantitative estimate of drug-likeness (QED) is 0.495. The third-order valence-electron chi connectivity index (χ3n) is 4.66. The summed E-state index contributed by atoms with van der Waals surface area (Å²) >= 11 is 3.33. The molecule has 0 radical (unpaired) electrons. The van der Waals surface area contributed by atoms with E-state index >= 15 is 0 Å². The van der Waals surface area contributed by atoms with Crippen molar-refractivity contribution in [2.24, 2.45) is 0 Å². The fourth-order valence-electron chi connectivity index (χ4n) is 3.08. The van der Waals surface area contributed by atoms with E-state index in [4.69, 9.17) is 9.47 Å². The van der Waals surface area contributed by atoms with Crippen LogP contribution >= 0.6 is 15.9 Å². The van der Waals surface area contributed by atoms with Crippen molar-refractivity contribution >= 4 is 33.8 Å². The van der Waals surface area contributed by atoms with E-state index < -0.39 is 17.6 Å². The third-order valence-corrected chi connectivity index (χ3v) is 5.35. The average Bonchev–Trinajstić information content (AvgIpc) is 3.25. The molecule has 0 aromatic heterocycles. The molecule has 0 unspecified atom stereocenters. The van der Waals surface area contributed by atoms with Crippen LogP contribution in [0.3, 0.4) is 0 Å². The summed E-state index contributed by atoms with van der Waals surface area (Å²) in [6.45, 7) is 0.355. The van der Waals surface area contributed by atoms with Crippen molar-refractivity contribution in [2.75, 3.05) is 6.79 Å². The molecule has 0 atom stereocenters. The van der Waals surface area contributed by atoms with Gasteiger partial charge in [0, 0.05) is 11.0 Å². The first kappa shape index (κ1) is 21.6. The maximum atomic E-state index is 13.6. The van der Waals surface area contributed by atoms with E-state index in [0.29, 0.717) is 27.1 Å². The van der Waals surface area contributed by atoms with Crippen LogP contribution in [-0.4, -0.2) is 18.6 Å². The highest BCUT2D eigenvalue weighted by Gasteiger charge is 2.17. The van der Waals surface area contributed by atoms with E-state index in [1.54, 1.807) is 42.5 Å². The second-order valence-corrected chi connectivity index (χ2v) is 7.77. The van der Waals surface area contributed by atoms with Gasteiger partial charge in [-0.3, -0.25) is 9.59 Å². The molecule has 0 spiro atoms. The molecule has 1 aliphatic rings. The van der Waals surface area contributed by atoms with E-state index in [2.05, 4.69) is 26.6 Å². The summed E-state index contributed by atoms with van der Waals surface area (Å²) in [5.41, 5.74) is 1.58. The predicted octanol–water partition coefficient (Wildman–Crippen LogP) is 4.40. The van der Waals surface area contributed by atoms with Gasteiger partial charge in [0.15, 0.2) is 11.5 Å². The Hall–Kier alpha value is -3.65. The molecule has 3 aromatic rings. The summed E-state index contributed by atoms with van der Waals surface area (Å²) in [5.74, 6) is -0.191. The Balaban J connectivity index is 1.54. The molecule has 4 rings (SSSR count). The van der Waals surface area contributed by atoms with E-state index in [0.717, 1.165) is 5.56 Å². The number of carbonyl (C=O) groups is 2. The minimum Gasteiger partial charge on any atom is -0.454 e. The van der Waals surface area contributed by atoms with Gasteiger partial charge in [-0.1, -0.05) is 30.3 Å². The summed E-state index contributed by atoms with van der Waals surface area (Å²) in [6.07, 6.45) is 1.42. The molecule has 0 saturated heterocycles. The van der Waals surface area contributed by atoms with Gasteiger partial charge in [0.05, 0.1) is 5.56 Å². The van der Waals surface area contributed by atoms with Crippen LogP contribution in [0, 0.1) is 5.82 Å². The molecular weight excluding hydrogens is 479 g/mol. The van der Waals surface area contributed by atoms with Gasteiger partial charge in [0.2, 0.25) is 6.79 Å². The number of carbonyl (C=O) groups excluding carboxylic acids is 2. The zero-order valence-corrected chi connectivity index (χ0v) is 18.3. The third kappa shape index (κ3) is 5.15. The lowest BCUT2D eigenvalue weighted by Crippen LogP contribution is -2.34. The molecule has 32 heavy (non-hydrogen) atoms. The fraction of sp³-hybridized carbons (Fsp3) is 0.0833. The van der Waals surface area contributed by atoms with Crippen molar-refractivity contribution in [1.29, 1.82) is 0 Å². The van der Waals surface area contributed by atoms with Crippen LogP contribution in [0.4, 0.5) is 4.39 Å². The molecule has 6 nitrogen and oxygen atoms in total. The lowest BCUT2D eigenvalue weighted by atomic mass is 10.1. The second kappa shape index (κ2) is 9.65. The molecule has 0 bridgehead atoms. The Bertz CT molecular complexity index is 1210. The zero-order valence-electron chi connectivity index (χ0n) is 16.7. The van der Waals surface area contributed by atoms with Crippen LogP contribution in [0.25, 0.3) is 6.08 Å². The summed E-state index contributed by atoms with van der Waals surface area (Å²) in [4.78, 5) is 25.7. The monoisotopic (exact) mass is 496 g/mol. The zero-order chi connectivity index (χ0) is 22.5. The van der Waals surface area contributed by atoms with Crippen molar-refractivity contribution in [2.45, 2.75) is 6.54 Å². The van der Waals surface area contributed by atoms with Crippen molar-refractivity contribution in [3.63, 3.8) is 0 Å². The van der Waals surface area contributed by atoms with Gasteiger partial charge in [0.25, 0.3) is 11.8 Å². The summed E-state index contributed by atoms with van der Waals surface area (Å²) < 4.78 is 24.9. The van der Waals surface area contributed by atoms with Crippen LogP contribution in [0.2, 0.25) is 0 Å². The Morgan fingerprint density at radius 3 is 2.62 bits per heavy atom. The molecule has 3 aromatic carbocycles. The van der Waals surface area contributed by atoms with Gasteiger partial charge >= 0.3 is 0 Å². The molecule has 2 amide bonds. The van der Waals surface area contributed by atoms with Crippen LogP contribution in [0.1, 0.15) is 21.5 Å². The Morgan fingerprint density at radius 2 is 1.81 bits per heavy atom. The van der Waals surface area contributed by atoms with E-state index in [9.17, 15) is 14.0 Å². The number of ether oxygens (including phenoxy) is 2. The fourth-order valence-corrected chi connectivity index (χ4v) is 3.55. The number of hydrogen-bond donors (Lipinski definition) is 2. The maximum absolute atomic E-state index is 13.6. The maximum Gasteiger partial charge on any atom is 0.268 e. The minimum absolute atomic E-state index is 0.0166. The molecule has 162 valence electrons. The van der Waals surface area contributed by atoms with Crippen molar-refractivity contribution in [1.82, 2.24) is 10.6 Å². The molecule has 1 heterocycles. The Morgan fingerprint density at radius 1 is 1.00 bits per heavy atom. The molecule has 2 N–H and O–H groups in total. The smallest absolute Gasteiger partial charge is 0.268 e. The van der Waals surface area contributed by atoms with E-state index in [1.165, 1.54) is 24.3 Å².